The molecule has 0 atom stereocenters. The summed E-state index contributed by atoms with van der Waals surface area (Å²) in [7, 11) is 0. The number of rotatable bonds is 0. The molecule has 2 heteroatoms. The first kappa shape index (κ1) is 6.55. The predicted molar refractivity (Wildman–Crippen MR) is 42.9 cm³/mol. The van der Waals surface area contributed by atoms with E-state index >= 15 is 0 Å². The van der Waals surface area contributed by atoms with Gasteiger partial charge in [-0.25, -0.2) is 0 Å². The lowest BCUT2D eigenvalue weighted by Crippen LogP contribution is -2.09. The summed E-state index contributed by atoms with van der Waals surface area (Å²) < 4.78 is 5.27. The van der Waals surface area contributed by atoms with Crippen molar-refractivity contribution in [3.63, 3.8) is 0 Å². The third-order valence-corrected chi connectivity index (χ3v) is 1.76. The van der Waals surface area contributed by atoms with Crippen molar-refractivity contribution in [2.75, 3.05) is 6.61 Å². The Morgan fingerprint density at radius 3 is 3.18 bits per heavy atom. The molecule has 0 aliphatic carbocycles. The highest BCUT2D eigenvalue weighted by Gasteiger charge is 2.12. The summed E-state index contributed by atoms with van der Waals surface area (Å²) in [6, 6.07) is 3.94. The molecule has 2 nitrogen and oxygen atoms in total. The number of ether oxygens (including phenoxy) is 1. The zero-order chi connectivity index (χ0) is 7.68. The molecular weight excluding hydrogens is 138 g/mol. The first-order chi connectivity index (χ1) is 5.38. The number of hydrogen-bond acceptors (Lipinski definition) is 2. The van der Waals surface area contributed by atoms with Gasteiger partial charge in [0.25, 0.3) is 0 Å². The van der Waals surface area contributed by atoms with E-state index < -0.39 is 0 Å². The minimum atomic E-state index is 0.615. The minimum Gasteiger partial charge on any atom is -0.372 e. The summed E-state index contributed by atoms with van der Waals surface area (Å²) in [5.41, 5.74) is 3.13. The summed E-state index contributed by atoms with van der Waals surface area (Å²) in [6.07, 6.45) is 1.79. The van der Waals surface area contributed by atoms with Crippen LogP contribution in [-0.2, 0) is 11.3 Å². The number of pyridine rings is 1. The Hall–Kier alpha value is -1.15. The van der Waals surface area contributed by atoms with Crippen LogP contribution in [0.2, 0.25) is 0 Å². The summed E-state index contributed by atoms with van der Waals surface area (Å²) in [4.78, 5) is 4.22. The summed E-state index contributed by atoms with van der Waals surface area (Å²) in [5.74, 6) is 0. The first-order valence-corrected chi connectivity index (χ1v) is 3.58. The second kappa shape index (κ2) is 2.47. The fraction of sp³-hybridized carbons (Fsp3) is 0.222. The van der Waals surface area contributed by atoms with Crippen LogP contribution in [0.3, 0.4) is 0 Å². The Morgan fingerprint density at radius 1 is 1.45 bits per heavy atom. The van der Waals surface area contributed by atoms with E-state index in [4.69, 9.17) is 4.74 Å². The second-order valence-electron chi connectivity index (χ2n) is 2.61. The van der Waals surface area contributed by atoms with E-state index in [0.29, 0.717) is 13.2 Å². The SMILES string of the molecule is C=C1COCc2cccnc21. The highest BCUT2D eigenvalue weighted by Crippen LogP contribution is 2.20. The highest BCUT2D eigenvalue weighted by molar-refractivity contribution is 5.64. The molecule has 1 aromatic rings. The number of nitrogens with zero attached hydrogens (tertiary/aromatic N) is 1. The fourth-order valence-electron chi connectivity index (χ4n) is 1.23. The third kappa shape index (κ3) is 1.05. The fourth-order valence-corrected chi connectivity index (χ4v) is 1.23. The number of aromatic nitrogens is 1. The molecule has 0 N–H and O–H groups in total. The highest BCUT2D eigenvalue weighted by atomic mass is 16.5. The van der Waals surface area contributed by atoms with Crippen molar-refractivity contribution < 1.29 is 4.74 Å². The van der Waals surface area contributed by atoms with Gasteiger partial charge in [-0.15, -0.1) is 0 Å². The van der Waals surface area contributed by atoms with Gasteiger partial charge >= 0.3 is 0 Å². The van der Waals surface area contributed by atoms with E-state index in [1.165, 1.54) is 0 Å². The van der Waals surface area contributed by atoms with Gasteiger partial charge in [-0.1, -0.05) is 12.6 Å². The average molecular weight is 147 g/mol. The summed E-state index contributed by atoms with van der Waals surface area (Å²) >= 11 is 0. The lowest BCUT2D eigenvalue weighted by Gasteiger charge is -2.16. The topological polar surface area (TPSA) is 22.1 Å². The molecule has 1 aliphatic rings. The van der Waals surface area contributed by atoms with Gasteiger partial charge in [0.1, 0.15) is 0 Å². The molecule has 0 amide bonds. The zero-order valence-corrected chi connectivity index (χ0v) is 6.21. The molecule has 2 heterocycles. The van der Waals surface area contributed by atoms with Crippen LogP contribution in [0.1, 0.15) is 11.3 Å². The van der Waals surface area contributed by atoms with Crippen LogP contribution in [0.5, 0.6) is 0 Å². The van der Waals surface area contributed by atoms with Crippen LogP contribution in [0.4, 0.5) is 0 Å². The Bertz CT molecular complexity index is 293. The zero-order valence-electron chi connectivity index (χ0n) is 6.21. The number of hydrogen-bond donors (Lipinski definition) is 0. The maximum absolute atomic E-state index is 5.27. The van der Waals surface area contributed by atoms with Crippen molar-refractivity contribution in [1.29, 1.82) is 0 Å². The van der Waals surface area contributed by atoms with Gasteiger partial charge in [-0.2, -0.15) is 0 Å². The molecule has 0 unspecified atom stereocenters. The van der Waals surface area contributed by atoms with Crippen LogP contribution < -0.4 is 0 Å². The van der Waals surface area contributed by atoms with Crippen LogP contribution >= 0.6 is 0 Å². The molecule has 0 fully saturated rings. The normalized spacial score (nSPS) is 16.2. The van der Waals surface area contributed by atoms with Gasteiger partial charge < -0.3 is 4.74 Å². The van der Waals surface area contributed by atoms with Crippen molar-refractivity contribution in [2.24, 2.45) is 0 Å². The van der Waals surface area contributed by atoms with E-state index in [2.05, 4.69) is 11.6 Å². The smallest absolute Gasteiger partial charge is 0.0742 e. The van der Waals surface area contributed by atoms with Crippen LogP contribution in [0.15, 0.2) is 24.9 Å². The maximum atomic E-state index is 5.27. The van der Waals surface area contributed by atoms with E-state index in [0.717, 1.165) is 16.8 Å². The lowest BCUT2D eigenvalue weighted by atomic mass is 10.1. The van der Waals surface area contributed by atoms with Crippen LogP contribution in [0.25, 0.3) is 5.57 Å². The standard InChI is InChI=1S/C9H9NO/c1-7-5-11-6-8-3-2-4-10-9(7)8/h2-4H,1,5-6H2. The van der Waals surface area contributed by atoms with Crippen molar-refractivity contribution in [1.82, 2.24) is 4.98 Å². The van der Waals surface area contributed by atoms with Gasteiger partial charge in [0, 0.05) is 11.8 Å². The monoisotopic (exact) mass is 147 g/mol. The van der Waals surface area contributed by atoms with Crippen molar-refractivity contribution in [2.45, 2.75) is 6.61 Å². The van der Waals surface area contributed by atoms with Crippen LogP contribution in [0, 0.1) is 0 Å². The molecule has 0 radical (unpaired) electrons. The molecule has 0 spiro atoms. The van der Waals surface area contributed by atoms with Crippen molar-refractivity contribution in [3.8, 4) is 0 Å². The van der Waals surface area contributed by atoms with Crippen molar-refractivity contribution >= 4 is 5.57 Å². The van der Waals surface area contributed by atoms with Gasteiger partial charge in [0.2, 0.25) is 0 Å². The summed E-state index contributed by atoms with van der Waals surface area (Å²) in [5, 5.41) is 0. The molecule has 11 heavy (non-hydrogen) atoms. The molecule has 0 saturated heterocycles. The quantitative estimate of drug-likeness (QED) is 0.556. The molecule has 56 valence electrons. The number of fused-ring (bicyclic) bond motifs is 1. The molecule has 1 aromatic heterocycles. The summed E-state index contributed by atoms with van der Waals surface area (Å²) in [6.45, 7) is 5.15. The van der Waals surface area contributed by atoms with E-state index in [-0.39, 0.29) is 0 Å². The molecule has 0 aromatic carbocycles. The molecule has 2 rings (SSSR count). The Labute approximate surface area is 65.5 Å². The Morgan fingerprint density at radius 2 is 2.36 bits per heavy atom. The lowest BCUT2D eigenvalue weighted by molar-refractivity contribution is 0.145. The first-order valence-electron chi connectivity index (χ1n) is 3.58. The Balaban J connectivity index is 2.52. The van der Waals surface area contributed by atoms with Crippen LogP contribution in [-0.4, -0.2) is 11.6 Å². The van der Waals surface area contributed by atoms with Crippen molar-refractivity contribution in [3.05, 3.63) is 36.2 Å². The predicted octanol–water partition coefficient (Wildman–Crippen LogP) is 1.62. The second-order valence-corrected chi connectivity index (χ2v) is 2.61. The van der Waals surface area contributed by atoms with E-state index in [9.17, 15) is 0 Å². The molecule has 1 aliphatic heterocycles. The molecule has 0 bridgehead atoms. The Kier molecular flexibility index (Phi) is 1.47. The maximum Gasteiger partial charge on any atom is 0.0742 e. The average Bonchev–Trinajstić information content (AvgIpc) is 2.06. The van der Waals surface area contributed by atoms with Gasteiger partial charge in [0.15, 0.2) is 0 Å². The minimum absolute atomic E-state index is 0.615. The van der Waals surface area contributed by atoms with Gasteiger partial charge in [-0.05, 0) is 11.6 Å². The van der Waals surface area contributed by atoms with Gasteiger partial charge in [-0.3, -0.25) is 4.98 Å². The molecular formula is C9H9NO. The van der Waals surface area contributed by atoms with Gasteiger partial charge in [0.05, 0.1) is 18.9 Å². The van der Waals surface area contributed by atoms with E-state index in [1.54, 1.807) is 6.20 Å². The largest absolute Gasteiger partial charge is 0.372 e. The van der Waals surface area contributed by atoms with E-state index in [1.807, 2.05) is 12.1 Å². The third-order valence-electron chi connectivity index (χ3n) is 1.76. The molecule has 0 saturated carbocycles.